The van der Waals surface area contributed by atoms with Gasteiger partial charge in [0.05, 0.1) is 5.37 Å². The van der Waals surface area contributed by atoms with Crippen LogP contribution in [-0.4, -0.2) is 39.9 Å². The van der Waals surface area contributed by atoms with E-state index in [4.69, 9.17) is 0 Å². The standard InChI is InChI=1S/C20H30N2O2S/c1-6-15(5)21-19(23)17-12-25-18(11-13(2)3)22(17)20(24)16-9-7-14(4)8-10-16/h7-10,13,15,17-18H,6,11-12H2,1-5H3,(H,21,23). The van der Waals surface area contributed by atoms with Gasteiger partial charge in [0.2, 0.25) is 5.91 Å². The zero-order valence-electron chi connectivity index (χ0n) is 15.9. The number of aryl methyl sites for hydroxylation is 1. The van der Waals surface area contributed by atoms with E-state index in [1.54, 1.807) is 11.8 Å². The molecule has 4 nitrogen and oxygen atoms in total. The summed E-state index contributed by atoms with van der Waals surface area (Å²) in [6.45, 7) is 10.4. The predicted octanol–water partition coefficient (Wildman–Crippen LogP) is 3.84. The summed E-state index contributed by atoms with van der Waals surface area (Å²) in [6, 6.07) is 7.34. The Morgan fingerprint density at radius 1 is 1.24 bits per heavy atom. The van der Waals surface area contributed by atoms with Gasteiger partial charge in [-0.3, -0.25) is 9.59 Å². The summed E-state index contributed by atoms with van der Waals surface area (Å²) in [7, 11) is 0. The number of hydrogen-bond donors (Lipinski definition) is 1. The molecule has 138 valence electrons. The molecule has 1 aliphatic heterocycles. The largest absolute Gasteiger partial charge is 0.352 e. The fraction of sp³-hybridized carbons (Fsp3) is 0.600. The van der Waals surface area contributed by atoms with Crippen molar-refractivity contribution in [2.75, 3.05) is 5.75 Å². The highest BCUT2D eigenvalue weighted by atomic mass is 32.2. The van der Waals surface area contributed by atoms with Crippen molar-refractivity contribution in [3.63, 3.8) is 0 Å². The smallest absolute Gasteiger partial charge is 0.255 e. The van der Waals surface area contributed by atoms with Gasteiger partial charge in [-0.05, 0) is 44.7 Å². The number of nitrogens with one attached hydrogen (secondary N) is 1. The van der Waals surface area contributed by atoms with E-state index >= 15 is 0 Å². The lowest BCUT2D eigenvalue weighted by Gasteiger charge is -2.30. The lowest BCUT2D eigenvalue weighted by atomic mass is 10.1. The minimum atomic E-state index is -0.392. The molecular weight excluding hydrogens is 332 g/mol. The van der Waals surface area contributed by atoms with Crippen LogP contribution in [0.15, 0.2) is 24.3 Å². The van der Waals surface area contributed by atoms with Gasteiger partial charge in [0.1, 0.15) is 6.04 Å². The van der Waals surface area contributed by atoms with Crippen LogP contribution in [0.5, 0.6) is 0 Å². The number of rotatable bonds is 6. The van der Waals surface area contributed by atoms with Crippen molar-refractivity contribution in [2.24, 2.45) is 5.92 Å². The topological polar surface area (TPSA) is 49.4 Å². The normalized spacial score (nSPS) is 21.4. The Bertz CT molecular complexity index is 600. The first-order valence-corrected chi connectivity index (χ1v) is 10.2. The van der Waals surface area contributed by atoms with Gasteiger partial charge < -0.3 is 10.2 Å². The van der Waals surface area contributed by atoms with E-state index in [1.807, 2.05) is 49.9 Å². The summed E-state index contributed by atoms with van der Waals surface area (Å²) in [5.41, 5.74) is 1.78. The second kappa shape index (κ2) is 8.75. The fourth-order valence-electron chi connectivity index (χ4n) is 2.91. The van der Waals surface area contributed by atoms with Gasteiger partial charge in [-0.25, -0.2) is 0 Å². The SMILES string of the molecule is CCC(C)NC(=O)C1CSC(CC(C)C)N1C(=O)c1ccc(C)cc1. The van der Waals surface area contributed by atoms with Crippen molar-refractivity contribution in [2.45, 2.75) is 64.9 Å². The maximum Gasteiger partial charge on any atom is 0.255 e. The predicted molar refractivity (Wildman–Crippen MR) is 105 cm³/mol. The molecule has 3 atom stereocenters. The highest BCUT2D eigenvalue weighted by molar-refractivity contribution is 8.00. The quantitative estimate of drug-likeness (QED) is 0.836. The molecule has 0 bridgehead atoms. The first-order valence-electron chi connectivity index (χ1n) is 9.14. The molecule has 1 N–H and O–H groups in total. The second-order valence-electron chi connectivity index (χ2n) is 7.33. The Morgan fingerprint density at radius 2 is 1.88 bits per heavy atom. The summed E-state index contributed by atoms with van der Waals surface area (Å²) in [5, 5.41) is 3.10. The average molecular weight is 363 g/mol. The lowest BCUT2D eigenvalue weighted by molar-refractivity contribution is -0.125. The van der Waals surface area contributed by atoms with E-state index in [9.17, 15) is 9.59 Å². The molecule has 1 aromatic rings. The number of amides is 2. The highest BCUT2D eigenvalue weighted by Crippen LogP contribution is 2.34. The third-order valence-corrected chi connectivity index (χ3v) is 5.91. The van der Waals surface area contributed by atoms with Crippen molar-refractivity contribution in [1.82, 2.24) is 10.2 Å². The summed E-state index contributed by atoms with van der Waals surface area (Å²) in [6.07, 6.45) is 1.78. The Labute approximate surface area is 155 Å². The van der Waals surface area contributed by atoms with Gasteiger partial charge in [0, 0.05) is 17.4 Å². The zero-order valence-corrected chi connectivity index (χ0v) is 16.7. The monoisotopic (exact) mass is 362 g/mol. The van der Waals surface area contributed by atoms with E-state index in [2.05, 4.69) is 19.2 Å². The van der Waals surface area contributed by atoms with Crippen molar-refractivity contribution < 1.29 is 9.59 Å². The van der Waals surface area contributed by atoms with E-state index in [-0.39, 0.29) is 23.2 Å². The number of carbonyl (C=O) groups excluding carboxylic acids is 2. The van der Waals surface area contributed by atoms with Gasteiger partial charge in [-0.1, -0.05) is 38.5 Å². The van der Waals surface area contributed by atoms with Crippen LogP contribution >= 0.6 is 11.8 Å². The van der Waals surface area contributed by atoms with E-state index in [0.717, 1.165) is 18.4 Å². The summed E-state index contributed by atoms with van der Waals surface area (Å²) >= 11 is 1.72. The summed E-state index contributed by atoms with van der Waals surface area (Å²) in [5.74, 6) is 1.06. The van der Waals surface area contributed by atoms with Gasteiger partial charge in [-0.15, -0.1) is 11.8 Å². The first kappa shape index (κ1) is 19.8. The van der Waals surface area contributed by atoms with Crippen molar-refractivity contribution in [3.05, 3.63) is 35.4 Å². The van der Waals surface area contributed by atoms with E-state index in [1.165, 1.54) is 0 Å². The van der Waals surface area contributed by atoms with Gasteiger partial charge in [-0.2, -0.15) is 0 Å². The van der Waals surface area contributed by atoms with Crippen LogP contribution in [0.1, 0.15) is 56.5 Å². The molecule has 3 unspecified atom stereocenters. The van der Waals surface area contributed by atoms with E-state index in [0.29, 0.717) is 17.2 Å². The van der Waals surface area contributed by atoms with Crippen LogP contribution in [-0.2, 0) is 4.79 Å². The molecule has 0 spiro atoms. The molecule has 2 amide bonds. The minimum Gasteiger partial charge on any atom is -0.352 e. The Balaban J connectivity index is 2.25. The van der Waals surface area contributed by atoms with Gasteiger partial charge in [0.25, 0.3) is 5.91 Å². The number of benzene rings is 1. The number of thioether (sulfide) groups is 1. The van der Waals surface area contributed by atoms with Crippen LogP contribution in [0.25, 0.3) is 0 Å². The highest BCUT2D eigenvalue weighted by Gasteiger charge is 2.42. The van der Waals surface area contributed by atoms with Crippen LogP contribution in [0.4, 0.5) is 0 Å². The maximum absolute atomic E-state index is 13.2. The van der Waals surface area contributed by atoms with Crippen LogP contribution in [0.3, 0.4) is 0 Å². The van der Waals surface area contributed by atoms with Crippen molar-refractivity contribution in [1.29, 1.82) is 0 Å². The summed E-state index contributed by atoms with van der Waals surface area (Å²) < 4.78 is 0. The van der Waals surface area contributed by atoms with E-state index < -0.39 is 6.04 Å². The first-order chi connectivity index (χ1) is 11.8. The number of carbonyl (C=O) groups is 2. The molecule has 0 saturated carbocycles. The maximum atomic E-state index is 13.2. The molecule has 1 fully saturated rings. The fourth-order valence-corrected chi connectivity index (χ4v) is 4.55. The third kappa shape index (κ3) is 5.00. The minimum absolute atomic E-state index is 0.0337. The molecule has 0 aliphatic carbocycles. The van der Waals surface area contributed by atoms with Crippen LogP contribution < -0.4 is 5.32 Å². The molecular formula is C20H30N2O2S. The zero-order chi connectivity index (χ0) is 18.6. The Hall–Kier alpha value is -1.49. The molecule has 1 aliphatic rings. The average Bonchev–Trinajstić information content (AvgIpc) is 2.97. The molecule has 5 heteroatoms. The lowest BCUT2D eigenvalue weighted by Crippen LogP contribution is -2.51. The van der Waals surface area contributed by atoms with Gasteiger partial charge >= 0.3 is 0 Å². The van der Waals surface area contributed by atoms with Crippen molar-refractivity contribution >= 4 is 23.6 Å². The van der Waals surface area contributed by atoms with Gasteiger partial charge in [0.15, 0.2) is 0 Å². The van der Waals surface area contributed by atoms with Crippen molar-refractivity contribution in [3.8, 4) is 0 Å². The molecule has 0 aromatic heterocycles. The molecule has 1 aromatic carbocycles. The summed E-state index contributed by atoms with van der Waals surface area (Å²) in [4.78, 5) is 27.7. The molecule has 2 rings (SSSR count). The molecule has 1 saturated heterocycles. The Morgan fingerprint density at radius 3 is 2.44 bits per heavy atom. The Kier molecular flexibility index (Phi) is 6.94. The molecule has 0 radical (unpaired) electrons. The number of hydrogen-bond acceptors (Lipinski definition) is 3. The molecule has 1 heterocycles. The molecule has 25 heavy (non-hydrogen) atoms. The second-order valence-corrected chi connectivity index (χ2v) is 8.54. The van der Waals surface area contributed by atoms with Crippen LogP contribution in [0, 0.1) is 12.8 Å². The number of nitrogens with zero attached hydrogens (tertiary/aromatic N) is 1. The third-order valence-electron chi connectivity index (χ3n) is 4.60. The van der Waals surface area contributed by atoms with Crippen LogP contribution in [0.2, 0.25) is 0 Å².